The van der Waals surface area contributed by atoms with Crippen molar-refractivity contribution >= 4 is 32.9 Å². The van der Waals surface area contributed by atoms with Gasteiger partial charge in [0.1, 0.15) is 0 Å². The van der Waals surface area contributed by atoms with Crippen molar-refractivity contribution in [3.05, 3.63) is 51.2 Å². The molecule has 0 radical (unpaired) electrons. The molecule has 0 amide bonds. The van der Waals surface area contributed by atoms with Crippen molar-refractivity contribution in [2.24, 2.45) is 0 Å². The van der Waals surface area contributed by atoms with E-state index in [-0.39, 0.29) is 0 Å². The minimum absolute atomic E-state index is 0.962. The van der Waals surface area contributed by atoms with Crippen LogP contribution in [0.5, 0.6) is 0 Å². The number of fused-ring (bicyclic) bond motifs is 1. The molecule has 2 aromatic heterocycles. The van der Waals surface area contributed by atoms with Crippen LogP contribution >= 0.6 is 22.7 Å². The highest BCUT2D eigenvalue weighted by Crippen LogP contribution is 2.21. The van der Waals surface area contributed by atoms with Crippen LogP contribution in [0.1, 0.15) is 14.8 Å². The van der Waals surface area contributed by atoms with Crippen molar-refractivity contribution in [1.82, 2.24) is 10.3 Å². The predicted molar refractivity (Wildman–Crippen MR) is 84.1 cm³/mol. The van der Waals surface area contributed by atoms with E-state index in [9.17, 15) is 0 Å². The third-order valence-corrected chi connectivity index (χ3v) is 5.05. The molecule has 0 aliphatic carbocycles. The summed E-state index contributed by atoms with van der Waals surface area (Å²) in [4.78, 5) is 7.42. The molecule has 3 aromatic rings. The van der Waals surface area contributed by atoms with E-state index in [2.05, 4.69) is 47.6 Å². The average Bonchev–Trinajstić information content (AvgIpc) is 3.00. The summed E-state index contributed by atoms with van der Waals surface area (Å²) in [5.74, 6) is 0. The highest BCUT2D eigenvalue weighted by molar-refractivity contribution is 7.18. The number of nitrogens with one attached hydrogen (secondary N) is 1. The molecule has 0 aliphatic heterocycles. The number of rotatable bonds is 5. The largest absolute Gasteiger partial charge is 0.311 e. The van der Waals surface area contributed by atoms with E-state index in [4.69, 9.17) is 0 Å². The van der Waals surface area contributed by atoms with Crippen molar-refractivity contribution in [3.8, 4) is 0 Å². The Morgan fingerprint density at radius 1 is 1.11 bits per heavy atom. The summed E-state index contributed by atoms with van der Waals surface area (Å²) in [6.07, 6.45) is 1.00. The lowest BCUT2D eigenvalue weighted by Gasteiger charge is -2.00. The lowest BCUT2D eigenvalue weighted by atomic mass is 10.3. The maximum absolute atomic E-state index is 4.64. The molecular weight excluding hydrogens is 272 g/mol. The molecule has 2 nitrogen and oxygen atoms in total. The molecule has 0 atom stereocenters. The molecule has 0 spiro atoms. The number of para-hydroxylation sites is 1. The molecule has 1 aromatic carbocycles. The van der Waals surface area contributed by atoms with Gasteiger partial charge in [-0.2, -0.15) is 0 Å². The zero-order valence-electron chi connectivity index (χ0n) is 10.8. The van der Waals surface area contributed by atoms with Gasteiger partial charge in [0.05, 0.1) is 15.2 Å². The monoisotopic (exact) mass is 288 g/mol. The van der Waals surface area contributed by atoms with Crippen LogP contribution in [-0.4, -0.2) is 11.5 Å². The summed E-state index contributed by atoms with van der Waals surface area (Å²) >= 11 is 3.66. The van der Waals surface area contributed by atoms with Crippen molar-refractivity contribution in [2.45, 2.75) is 19.9 Å². The maximum atomic E-state index is 4.64. The Hall–Kier alpha value is -1.23. The Morgan fingerprint density at radius 3 is 2.79 bits per heavy atom. The zero-order valence-corrected chi connectivity index (χ0v) is 12.5. The second-order valence-electron chi connectivity index (χ2n) is 4.51. The smallest absolute Gasteiger partial charge is 0.0951 e. The summed E-state index contributed by atoms with van der Waals surface area (Å²) in [6.45, 7) is 4.09. The molecule has 2 heterocycles. The lowest BCUT2D eigenvalue weighted by molar-refractivity contribution is 0.692. The summed E-state index contributed by atoms with van der Waals surface area (Å²) in [5, 5.41) is 4.70. The van der Waals surface area contributed by atoms with Gasteiger partial charge in [-0.05, 0) is 31.2 Å². The summed E-state index contributed by atoms with van der Waals surface area (Å²) in [5.41, 5.74) is 1.12. The number of aryl methyl sites for hydroxylation is 1. The van der Waals surface area contributed by atoms with E-state index in [1.807, 2.05) is 17.4 Å². The first-order chi connectivity index (χ1) is 9.31. The van der Waals surface area contributed by atoms with Crippen LogP contribution in [0, 0.1) is 6.92 Å². The van der Waals surface area contributed by atoms with E-state index in [1.54, 1.807) is 11.3 Å². The van der Waals surface area contributed by atoms with Crippen molar-refractivity contribution in [3.63, 3.8) is 0 Å². The number of nitrogens with zero attached hydrogens (tertiary/aromatic N) is 1. The third kappa shape index (κ3) is 3.21. The molecule has 0 fully saturated rings. The van der Waals surface area contributed by atoms with Gasteiger partial charge in [-0.25, -0.2) is 4.98 Å². The Balaban J connectivity index is 1.52. The van der Waals surface area contributed by atoms with Crippen LogP contribution in [0.2, 0.25) is 0 Å². The quantitative estimate of drug-likeness (QED) is 0.718. The standard InChI is InChI=1S/C15H16N2S2/c1-11-6-7-12(18-11)10-16-9-8-15-17-13-4-2-3-5-14(13)19-15/h2-7,16H,8-10H2,1H3. The SMILES string of the molecule is Cc1ccc(CNCCc2nc3ccccc3s2)s1. The first-order valence-electron chi connectivity index (χ1n) is 6.42. The Morgan fingerprint density at radius 2 is 2.00 bits per heavy atom. The first kappa shape index (κ1) is 12.8. The highest BCUT2D eigenvalue weighted by Gasteiger charge is 2.02. The van der Waals surface area contributed by atoms with Gasteiger partial charge >= 0.3 is 0 Å². The molecule has 98 valence electrons. The average molecular weight is 288 g/mol. The van der Waals surface area contributed by atoms with E-state index in [1.165, 1.54) is 19.5 Å². The number of thiazole rings is 1. The highest BCUT2D eigenvalue weighted by atomic mass is 32.1. The topological polar surface area (TPSA) is 24.9 Å². The molecule has 0 saturated carbocycles. The summed E-state index contributed by atoms with van der Waals surface area (Å²) < 4.78 is 1.28. The molecule has 0 aliphatic rings. The van der Waals surface area contributed by atoms with Crippen LogP contribution in [-0.2, 0) is 13.0 Å². The van der Waals surface area contributed by atoms with Crippen molar-refractivity contribution < 1.29 is 0 Å². The minimum Gasteiger partial charge on any atom is -0.311 e. The van der Waals surface area contributed by atoms with Crippen LogP contribution in [0.15, 0.2) is 36.4 Å². The second kappa shape index (κ2) is 5.82. The van der Waals surface area contributed by atoms with Crippen molar-refractivity contribution in [1.29, 1.82) is 0 Å². The van der Waals surface area contributed by atoms with Crippen LogP contribution in [0.3, 0.4) is 0 Å². The van der Waals surface area contributed by atoms with Crippen LogP contribution in [0.4, 0.5) is 0 Å². The van der Waals surface area contributed by atoms with Gasteiger partial charge in [0, 0.05) is 29.3 Å². The fourth-order valence-electron chi connectivity index (χ4n) is 2.01. The first-order valence-corrected chi connectivity index (χ1v) is 8.05. The van der Waals surface area contributed by atoms with Gasteiger partial charge in [0.25, 0.3) is 0 Å². The Kier molecular flexibility index (Phi) is 3.92. The summed E-state index contributed by atoms with van der Waals surface area (Å²) in [6, 6.07) is 12.7. The van der Waals surface area contributed by atoms with Gasteiger partial charge in [-0.15, -0.1) is 22.7 Å². The molecule has 19 heavy (non-hydrogen) atoms. The molecular formula is C15H16N2S2. The van der Waals surface area contributed by atoms with Gasteiger partial charge in [0.2, 0.25) is 0 Å². The predicted octanol–water partition coefficient (Wildman–Crippen LogP) is 4.00. The number of thiophene rings is 1. The number of hydrogen-bond acceptors (Lipinski definition) is 4. The minimum atomic E-state index is 0.962. The fraction of sp³-hybridized carbons (Fsp3) is 0.267. The molecule has 3 rings (SSSR count). The molecule has 0 unspecified atom stereocenters. The van der Waals surface area contributed by atoms with Crippen LogP contribution < -0.4 is 5.32 Å². The number of aromatic nitrogens is 1. The second-order valence-corrected chi connectivity index (χ2v) is 7.00. The Bertz CT molecular complexity index is 636. The third-order valence-electron chi connectivity index (χ3n) is 2.95. The Labute approximate surface area is 121 Å². The van der Waals surface area contributed by atoms with Gasteiger partial charge in [-0.1, -0.05) is 12.1 Å². The molecule has 0 bridgehead atoms. The molecule has 4 heteroatoms. The van der Waals surface area contributed by atoms with E-state index in [0.29, 0.717) is 0 Å². The van der Waals surface area contributed by atoms with Gasteiger partial charge in [-0.3, -0.25) is 0 Å². The van der Waals surface area contributed by atoms with Gasteiger partial charge < -0.3 is 5.32 Å². The zero-order chi connectivity index (χ0) is 13.1. The molecule has 0 saturated heterocycles. The fourth-order valence-corrected chi connectivity index (χ4v) is 3.84. The number of hydrogen-bond donors (Lipinski definition) is 1. The van der Waals surface area contributed by atoms with E-state index >= 15 is 0 Å². The molecule has 1 N–H and O–H groups in total. The number of benzene rings is 1. The van der Waals surface area contributed by atoms with E-state index < -0.39 is 0 Å². The maximum Gasteiger partial charge on any atom is 0.0951 e. The van der Waals surface area contributed by atoms with Crippen molar-refractivity contribution in [2.75, 3.05) is 6.54 Å². The lowest BCUT2D eigenvalue weighted by Crippen LogP contribution is -2.15. The van der Waals surface area contributed by atoms with E-state index in [0.717, 1.165) is 25.0 Å². The normalized spacial score (nSPS) is 11.2. The van der Waals surface area contributed by atoms with Crippen LogP contribution in [0.25, 0.3) is 10.2 Å². The summed E-state index contributed by atoms with van der Waals surface area (Å²) in [7, 11) is 0. The van der Waals surface area contributed by atoms with Gasteiger partial charge in [0.15, 0.2) is 0 Å².